The first-order chi connectivity index (χ1) is 0. The van der Waals surface area contributed by atoms with Crippen LogP contribution < -0.4 is 0 Å². The standard InChI is InChI=1S/Ag.Au.Ni.Zn. The van der Waals surface area contributed by atoms with Crippen molar-refractivity contribution >= 4 is 0 Å². The molecule has 0 aliphatic carbocycles. The second-order valence-electron chi connectivity index (χ2n) is 0. The van der Waals surface area contributed by atoms with Gasteiger partial charge in [0.1, 0.15) is 0 Å². The van der Waals surface area contributed by atoms with Crippen molar-refractivity contribution in [2.45, 2.75) is 0 Å². The Labute approximate surface area is 79.6 Å². The summed E-state index contributed by atoms with van der Waals surface area (Å²) in [5.74, 6) is 0. The summed E-state index contributed by atoms with van der Waals surface area (Å²) >= 11 is 0. The minimum Gasteiger partial charge on any atom is 0 e. The molecule has 0 bridgehead atoms. The Morgan fingerprint density at radius 1 is 1.00 bits per heavy atom. The predicted molar refractivity (Wildman–Crippen MR) is 0 cm³/mol. The zero-order chi connectivity index (χ0) is 0. The van der Waals surface area contributed by atoms with E-state index in [9.17, 15) is 0 Å². The van der Waals surface area contributed by atoms with Crippen LogP contribution in [0.4, 0.5) is 0 Å². The van der Waals surface area contributed by atoms with Gasteiger partial charge >= 0.3 is 0 Å². The molecule has 0 amide bonds. The van der Waals surface area contributed by atoms with Gasteiger partial charge in [0, 0.05) is 80.7 Å². The maximum atomic E-state index is 0. The molecule has 0 fully saturated rings. The van der Waals surface area contributed by atoms with E-state index in [0.717, 1.165) is 0 Å². The first-order valence-electron chi connectivity index (χ1n) is 0. The third-order valence-electron chi connectivity index (χ3n) is 0. The summed E-state index contributed by atoms with van der Waals surface area (Å²) in [7, 11) is 0. The maximum absolute atomic E-state index is 0. The van der Waals surface area contributed by atoms with Gasteiger partial charge in [-0.2, -0.15) is 0 Å². The van der Waals surface area contributed by atoms with Gasteiger partial charge in [-0.25, -0.2) is 0 Å². The van der Waals surface area contributed by atoms with Crippen LogP contribution in [0.2, 0.25) is 0 Å². The maximum Gasteiger partial charge on any atom is 0 e. The van der Waals surface area contributed by atoms with Crippen LogP contribution in [0.25, 0.3) is 0 Å². The van der Waals surface area contributed by atoms with Crippen molar-refractivity contribution in [3.63, 3.8) is 0 Å². The Morgan fingerprint density at radius 2 is 1.00 bits per heavy atom. The van der Waals surface area contributed by atoms with E-state index in [1.807, 2.05) is 0 Å². The fraction of sp³-hybridized carbons (Fsp3) is 0. The van der Waals surface area contributed by atoms with Gasteiger partial charge in [-0.15, -0.1) is 0 Å². The molecule has 0 atom stereocenters. The molecule has 0 N–H and O–H groups in total. The van der Waals surface area contributed by atoms with Crippen molar-refractivity contribution in [3.05, 3.63) is 0 Å². The van der Waals surface area contributed by atoms with E-state index in [1.54, 1.807) is 0 Å². The topological polar surface area (TPSA) is 0 Å². The molecule has 34 valence electrons. The first-order valence-corrected chi connectivity index (χ1v) is 0. The molecule has 0 unspecified atom stereocenters. The molecular weight excluding hydrogens is 429 g/mol. The van der Waals surface area contributed by atoms with Crippen molar-refractivity contribution < 1.29 is 80.7 Å². The predicted octanol–water partition coefficient (Wildman–Crippen LogP) is -0.0100. The largest absolute Gasteiger partial charge is 0 e. The fourth-order valence-corrected chi connectivity index (χ4v) is 0. The average molecular weight is 429 g/mol. The second kappa shape index (κ2) is 17.5. The third-order valence-corrected chi connectivity index (χ3v) is 0. The molecule has 4 heavy (non-hydrogen) atoms. The van der Waals surface area contributed by atoms with Gasteiger partial charge < -0.3 is 0 Å². The molecule has 0 heterocycles. The Morgan fingerprint density at radius 3 is 1.00 bits per heavy atom. The molecule has 0 rings (SSSR count). The average Bonchev–Trinajstić information content (AvgIpc) is 0. The summed E-state index contributed by atoms with van der Waals surface area (Å²) in [5, 5.41) is 0. The van der Waals surface area contributed by atoms with Crippen LogP contribution in [0.1, 0.15) is 0 Å². The first kappa shape index (κ1) is 30.6. The van der Waals surface area contributed by atoms with E-state index in [0.29, 0.717) is 0 Å². The fourth-order valence-electron chi connectivity index (χ4n) is 0. The van der Waals surface area contributed by atoms with E-state index in [4.69, 9.17) is 0 Å². The van der Waals surface area contributed by atoms with Crippen LogP contribution in [0, 0.1) is 0 Å². The van der Waals surface area contributed by atoms with Crippen LogP contribution in [0.5, 0.6) is 0 Å². The third kappa shape index (κ3) is 8.82. The molecule has 0 spiro atoms. The van der Waals surface area contributed by atoms with Crippen molar-refractivity contribution in [2.75, 3.05) is 0 Å². The van der Waals surface area contributed by atoms with Crippen LogP contribution in [-0.4, -0.2) is 0 Å². The number of rotatable bonds is 0. The zero-order valence-corrected chi connectivity index (χ0v) is 9.23. The van der Waals surface area contributed by atoms with Crippen molar-refractivity contribution in [1.29, 1.82) is 0 Å². The SMILES string of the molecule is [Ag].[Au].[Ni].[Zn]. The quantitative estimate of drug-likeness (QED) is 0.476. The molecule has 2 radical (unpaired) electrons. The summed E-state index contributed by atoms with van der Waals surface area (Å²) in [6.45, 7) is 0. The van der Waals surface area contributed by atoms with Crippen molar-refractivity contribution in [3.8, 4) is 0 Å². The van der Waals surface area contributed by atoms with E-state index in [1.165, 1.54) is 0 Å². The van der Waals surface area contributed by atoms with Gasteiger partial charge in [0.15, 0.2) is 0 Å². The monoisotopic (exact) mass is 426 g/mol. The van der Waals surface area contributed by atoms with E-state index in [-0.39, 0.29) is 80.7 Å². The Hall–Kier alpha value is 2.60. The van der Waals surface area contributed by atoms with Crippen LogP contribution in [0.3, 0.4) is 0 Å². The summed E-state index contributed by atoms with van der Waals surface area (Å²) < 4.78 is 0. The smallest absolute Gasteiger partial charge is 0 e. The number of hydrogen-bond donors (Lipinski definition) is 0. The van der Waals surface area contributed by atoms with E-state index >= 15 is 0 Å². The van der Waals surface area contributed by atoms with Gasteiger partial charge in [-0.05, 0) is 0 Å². The van der Waals surface area contributed by atoms with Crippen molar-refractivity contribution in [1.82, 2.24) is 0 Å². The minimum atomic E-state index is 0. The normalized spacial score (nSPS) is 0. The molecule has 0 aliphatic heterocycles. The van der Waals surface area contributed by atoms with Gasteiger partial charge in [0.25, 0.3) is 0 Å². The second-order valence-corrected chi connectivity index (χ2v) is 0. The van der Waals surface area contributed by atoms with Gasteiger partial charge in [0.2, 0.25) is 0 Å². The van der Waals surface area contributed by atoms with Crippen LogP contribution in [0.15, 0.2) is 0 Å². The molecule has 0 aliphatic rings. The Bertz CT molecular complexity index is 8.00. The van der Waals surface area contributed by atoms with E-state index in [2.05, 4.69) is 0 Å². The van der Waals surface area contributed by atoms with Crippen LogP contribution in [-0.2, 0) is 80.7 Å². The molecular formula is AgAuNiZn. The molecule has 0 saturated heterocycles. The molecule has 0 saturated carbocycles. The summed E-state index contributed by atoms with van der Waals surface area (Å²) in [5.41, 5.74) is 0. The zero-order valence-electron chi connectivity index (χ0n) is 1.63. The summed E-state index contributed by atoms with van der Waals surface area (Å²) in [6, 6.07) is 0. The molecule has 4 heteroatoms. The molecule has 0 aromatic rings. The number of hydrogen-bond acceptors (Lipinski definition) is 0. The van der Waals surface area contributed by atoms with Gasteiger partial charge in [-0.3, -0.25) is 0 Å². The minimum absolute atomic E-state index is 0. The van der Waals surface area contributed by atoms with Crippen molar-refractivity contribution in [2.24, 2.45) is 0 Å². The van der Waals surface area contributed by atoms with E-state index < -0.39 is 0 Å². The summed E-state index contributed by atoms with van der Waals surface area (Å²) in [6.07, 6.45) is 0. The van der Waals surface area contributed by atoms with Crippen LogP contribution >= 0.6 is 0 Å². The molecule has 0 aromatic heterocycles. The summed E-state index contributed by atoms with van der Waals surface area (Å²) in [4.78, 5) is 0. The molecule has 0 aromatic carbocycles. The Balaban J connectivity index is 0. The van der Waals surface area contributed by atoms with Gasteiger partial charge in [0.05, 0.1) is 0 Å². The van der Waals surface area contributed by atoms with Gasteiger partial charge in [-0.1, -0.05) is 0 Å². The molecule has 0 nitrogen and oxygen atoms in total. The Kier molecular flexibility index (Phi) is 134.